The normalized spacial score (nSPS) is 23.9. The molecule has 0 radical (unpaired) electrons. The van der Waals surface area contributed by atoms with Gasteiger partial charge in [0.2, 0.25) is 0 Å². The SMILES string of the molecule is CCC1CCCC(C(=O)c2ccc(SC)cc2)C1. The Hall–Kier alpha value is -0.760. The minimum atomic E-state index is 0.267. The highest BCUT2D eigenvalue weighted by molar-refractivity contribution is 7.98. The van der Waals surface area contributed by atoms with Crippen molar-refractivity contribution in [3.05, 3.63) is 29.8 Å². The zero-order chi connectivity index (χ0) is 13.0. The molecule has 2 heteroatoms. The fourth-order valence-corrected chi connectivity index (χ4v) is 3.30. The molecule has 2 unspecified atom stereocenters. The molecule has 0 aromatic heterocycles. The third-order valence-electron chi connectivity index (χ3n) is 4.11. The van der Waals surface area contributed by atoms with Crippen LogP contribution in [0.1, 0.15) is 49.4 Å². The van der Waals surface area contributed by atoms with E-state index in [9.17, 15) is 4.79 Å². The molecule has 18 heavy (non-hydrogen) atoms. The molecule has 0 aliphatic heterocycles. The highest BCUT2D eigenvalue weighted by Gasteiger charge is 2.26. The molecular formula is C16H22OS. The molecule has 0 heterocycles. The summed E-state index contributed by atoms with van der Waals surface area (Å²) in [6.45, 7) is 2.24. The summed E-state index contributed by atoms with van der Waals surface area (Å²) in [5.74, 6) is 1.39. The minimum absolute atomic E-state index is 0.267. The number of carbonyl (C=O) groups excluding carboxylic acids is 1. The van der Waals surface area contributed by atoms with E-state index in [4.69, 9.17) is 0 Å². The summed E-state index contributed by atoms with van der Waals surface area (Å²) in [6.07, 6.45) is 7.99. The Morgan fingerprint density at radius 3 is 2.61 bits per heavy atom. The number of hydrogen-bond donors (Lipinski definition) is 0. The number of ketones is 1. The topological polar surface area (TPSA) is 17.1 Å². The van der Waals surface area contributed by atoms with Gasteiger partial charge in [0.1, 0.15) is 0 Å². The third-order valence-corrected chi connectivity index (χ3v) is 4.85. The molecule has 1 nitrogen and oxygen atoms in total. The van der Waals surface area contributed by atoms with Gasteiger partial charge in [0.25, 0.3) is 0 Å². The number of thioether (sulfide) groups is 1. The van der Waals surface area contributed by atoms with Gasteiger partial charge in [-0.05, 0) is 37.1 Å². The van der Waals surface area contributed by atoms with Crippen molar-refractivity contribution in [1.82, 2.24) is 0 Å². The summed E-state index contributed by atoms with van der Waals surface area (Å²) in [5, 5.41) is 0. The van der Waals surface area contributed by atoms with Gasteiger partial charge in [-0.2, -0.15) is 0 Å². The quantitative estimate of drug-likeness (QED) is 0.572. The van der Waals surface area contributed by atoms with Crippen molar-refractivity contribution in [2.24, 2.45) is 11.8 Å². The molecule has 1 saturated carbocycles. The first-order valence-electron chi connectivity index (χ1n) is 6.92. The molecule has 1 aliphatic rings. The van der Waals surface area contributed by atoms with Crippen molar-refractivity contribution in [3.8, 4) is 0 Å². The molecule has 1 fully saturated rings. The molecule has 0 amide bonds. The molecular weight excluding hydrogens is 240 g/mol. The Morgan fingerprint density at radius 2 is 2.00 bits per heavy atom. The number of carbonyl (C=O) groups is 1. The van der Waals surface area contributed by atoms with E-state index in [-0.39, 0.29) is 5.92 Å². The molecule has 0 bridgehead atoms. The molecule has 1 aromatic rings. The molecule has 2 rings (SSSR count). The summed E-state index contributed by atoms with van der Waals surface area (Å²) < 4.78 is 0. The average molecular weight is 262 g/mol. The van der Waals surface area contributed by atoms with Crippen LogP contribution in [-0.4, -0.2) is 12.0 Å². The van der Waals surface area contributed by atoms with Crippen LogP contribution in [-0.2, 0) is 0 Å². The van der Waals surface area contributed by atoms with Gasteiger partial charge in [0, 0.05) is 16.4 Å². The molecule has 0 saturated heterocycles. The van der Waals surface area contributed by atoms with Crippen molar-refractivity contribution in [2.45, 2.75) is 43.9 Å². The van der Waals surface area contributed by atoms with E-state index in [0.717, 1.165) is 24.3 Å². The van der Waals surface area contributed by atoms with Crippen LogP contribution in [0.2, 0.25) is 0 Å². The lowest BCUT2D eigenvalue weighted by molar-refractivity contribution is 0.0862. The second kappa shape index (κ2) is 6.42. The maximum Gasteiger partial charge on any atom is 0.165 e. The molecule has 98 valence electrons. The largest absolute Gasteiger partial charge is 0.294 e. The van der Waals surface area contributed by atoms with Gasteiger partial charge in [-0.25, -0.2) is 0 Å². The summed E-state index contributed by atoms with van der Waals surface area (Å²) in [6, 6.07) is 8.09. The van der Waals surface area contributed by atoms with E-state index in [0.29, 0.717) is 5.78 Å². The van der Waals surface area contributed by atoms with Crippen LogP contribution in [0.5, 0.6) is 0 Å². The smallest absolute Gasteiger partial charge is 0.165 e. The third kappa shape index (κ3) is 3.17. The van der Waals surface area contributed by atoms with Crippen LogP contribution in [0, 0.1) is 11.8 Å². The van der Waals surface area contributed by atoms with E-state index in [2.05, 4.69) is 25.3 Å². The lowest BCUT2D eigenvalue weighted by Crippen LogP contribution is -2.22. The van der Waals surface area contributed by atoms with Gasteiger partial charge >= 0.3 is 0 Å². The molecule has 1 aromatic carbocycles. The van der Waals surface area contributed by atoms with Crippen LogP contribution in [0.15, 0.2) is 29.2 Å². The second-order valence-electron chi connectivity index (χ2n) is 5.23. The predicted octanol–water partition coefficient (Wildman–Crippen LogP) is 4.81. The van der Waals surface area contributed by atoms with Crippen molar-refractivity contribution in [3.63, 3.8) is 0 Å². The van der Waals surface area contributed by atoms with Crippen LogP contribution < -0.4 is 0 Å². The number of rotatable bonds is 4. The molecule has 1 aliphatic carbocycles. The van der Waals surface area contributed by atoms with Crippen molar-refractivity contribution in [1.29, 1.82) is 0 Å². The first kappa shape index (κ1) is 13.7. The van der Waals surface area contributed by atoms with Crippen molar-refractivity contribution >= 4 is 17.5 Å². The maximum absolute atomic E-state index is 12.5. The lowest BCUT2D eigenvalue weighted by atomic mass is 9.77. The summed E-state index contributed by atoms with van der Waals surface area (Å²) in [4.78, 5) is 13.7. The van der Waals surface area contributed by atoms with Gasteiger partial charge in [-0.1, -0.05) is 38.3 Å². The Morgan fingerprint density at radius 1 is 1.28 bits per heavy atom. The van der Waals surface area contributed by atoms with Gasteiger partial charge in [0.05, 0.1) is 0 Å². The predicted molar refractivity (Wildman–Crippen MR) is 78.3 cm³/mol. The Bertz CT molecular complexity index is 396. The Labute approximate surface area is 114 Å². The fourth-order valence-electron chi connectivity index (χ4n) is 2.89. The van der Waals surface area contributed by atoms with E-state index in [1.54, 1.807) is 11.8 Å². The van der Waals surface area contributed by atoms with Crippen LogP contribution in [0.4, 0.5) is 0 Å². The highest BCUT2D eigenvalue weighted by Crippen LogP contribution is 2.33. The van der Waals surface area contributed by atoms with Gasteiger partial charge in [-0.15, -0.1) is 11.8 Å². The summed E-state index contributed by atoms with van der Waals surface area (Å²) in [7, 11) is 0. The molecule has 0 spiro atoms. The van der Waals surface area contributed by atoms with E-state index in [1.165, 1.54) is 24.2 Å². The van der Waals surface area contributed by atoms with E-state index >= 15 is 0 Å². The van der Waals surface area contributed by atoms with Gasteiger partial charge in [0.15, 0.2) is 5.78 Å². The monoisotopic (exact) mass is 262 g/mol. The molecule has 0 N–H and O–H groups in total. The second-order valence-corrected chi connectivity index (χ2v) is 6.11. The van der Waals surface area contributed by atoms with E-state index in [1.807, 2.05) is 12.1 Å². The van der Waals surface area contributed by atoms with Crippen LogP contribution in [0.3, 0.4) is 0 Å². The summed E-state index contributed by atoms with van der Waals surface area (Å²) in [5.41, 5.74) is 0.898. The fraction of sp³-hybridized carbons (Fsp3) is 0.562. The van der Waals surface area contributed by atoms with Gasteiger partial charge in [-0.3, -0.25) is 4.79 Å². The van der Waals surface area contributed by atoms with Crippen LogP contribution in [0.25, 0.3) is 0 Å². The Kier molecular flexibility index (Phi) is 4.87. The number of Topliss-reactive ketones (excluding diaryl/α,β-unsaturated/α-hetero) is 1. The number of hydrogen-bond acceptors (Lipinski definition) is 2. The maximum atomic E-state index is 12.5. The van der Waals surface area contributed by atoms with Gasteiger partial charge < -0.3 is 0 Å². The molecule has 2 atom stereocenters. The lowest BCUT2D eigenvalue weighted by Gasteiger charge is -2.27. The van der Waals surface area contributed by atoms with E-state index < -0.39 is 0 Å². The number of benzene rings is 1. The zero-order valence-corrected chi connectivity index (χ0v) is 12.1. The first-order valence-corrected chi connectivity index (χ1v) is 8.15. The van der Waals surface area contributed by atoms with Crippen LogP contribution >= 0.6 is 11.8 Å². The minimum Gasteiger partial charge on any atom is -0.294 e. The average Bonchev–Trinajstić information content (AvgIpc) is 2.46. The standard InChI is InChI=1S/C16H22OS/c1-3-12-5-4-6-14(11-12)16(17)13-7-9-15(18-2)10-8-13/h7-10,12,14H,3-6,11H2,1-2H3. The first-order chi connectivity index (χ1) is 8.74. The summed E-state index contributed by atoms with van der Waals surface area (Å²) >= 11 is 1.72. The van der Waals surface area contributed by atoms with Crippen molar-refractivity contribution in [2.75, 3.05) is 6.26 Å². The zero-order valence-electron chi connectivity index (χ0n) is 11.3. The Balaban J connectivity index is 2.05. The van der Waals surface area contributed by atoms with Crippen molar-refractivity contribution < 1.29 is 4.79 Å². The highest BCUT2D eigenvalue weighted by atomic mass is 32.2.